The van der Waals surface area contributed by atoms with Gasteiger partial charge in [0, 0.05) is 30.5 Å². The highest BCUT2D eigenvalue weighted by atomic mass is 16.4. The fourth-order valence-electron chi connectivity index (χ4n) is 3.84. The van der Waals surface area contributed by atoms with Crippen LogP contribution in [0.2, 0.25) is 0 Å². The Morgan fingerprint density at radius 3 is 2.29 bits per heavy atom. The Balaban J connectivity index is 1.71. The number of amides is 3. The molecule has 2 aromatic rings. The molecular formula is C22H27N3O3. The average molecular weight is 381 g/mol. The topological polar surface area (TPSA) is 72.9 Å². The van der Waals surface area contributed by atoms with Gasteiger partial charge in [0.25, 0.3) is 0 Å². The number of nitrogens with zero attached hydrogens (tertiary/aromatic N) is 2. The molecule has 3 amide bonds. The summed E-state index contributed by atoms with van der Waals surface area (Å²) in [4.78, 5) is 27.7. The molecular weight excluding hydrogens is 354 g/mol. The second-order valence-corrected chi connectivity index (χ2v) is 6.97. The lowest BCUT2D eigenvalue weighted by atomic mass is 9.88. The number of hydrogen-bond donors (Lipinski definition) is 2. The molecule has 1 aliphatic carbocycles. The smallest absolute Gasteiger partial charge is 0.415 e. The summed E-state index contributed by atoms with van der Waals surface area (Å²) in [6.07, 6.45) is 0.742. The fourth-order valence-corrected chi connectivity index (χ4v) is 3.84. The third-order valence-electron chi connectivity index (χ3n) is 5.36. The summed E-state index contributed by atoms with van der Waals surface area (Å²) in [5, 5.41) is 12.4. The van der Waals surface area contributed by atoms with Crippen LogP contribution in [0.3, 0.4) is 0 Å². The van der Waals surface area contributed by atoms with Gasteiger partial charge in [0.15, 0.2) is 0 Å². The fraction of sp³-hybridized carbons (Fsp3) is 0.364. The highest BCUT2D eigenvalue weighted by molar-refractivity contribution is 5.99. The van der Waals surface area contributed by atoms with Crippen molar-refractivity contribution < 1.29 is 14.7 Å². The van der Waals surface area contributed by atoms with E-state index in [-0.39, 0.29) is 6.04 Å². The molecule has 0 aromatic heterocycles. The minimum Gasteiger partial charge on any atom is -0.465 e. The van der Waals surface area contributed by atoms with Gasteiger partial charge in [-0.2, -0.15) is 0 Å². The number of hydrogen-bond acceptors (Lipinski definition) is 3. The van der Waals surface area contributed by atoms with E-state index < -0.39 is 12.1 Å². The molecule has 148 valence electrons. The lowest BCUT2D eigenvalue weighted by Crippen LogP contribution is -2.48. The van der Waals surface area contributed by atoms with E-state index >= 15 is 0 Å². The van der Waals surface area contributed by atoms with Gasteiger partial charge in [-0.25, -0.2) is 14.5 Å². The van der Waals surface area contributed by atoms with Crippen molar-refractivity contribution in [1.82, 2.24) is 4.90 Å². The molecule has 1 unspecified atom stereocenters. The van der Waals surface area contributed by atoms with Crippen molar-refractivity contribution >= 4 is 23.5 Å². The Labute approximate surface area is 165 Å². The van der Waals surface area contributed by atoms with Gasteiger partial charge in [-0.15, -0.1) is 0 Å². The highest BCUT2D eigenvalue weighted by Crippen LogP contribution is 2.25. The van der Waals surface area contributed by atoms with Crippen LogP contribution in [0, 0.1) is 0 Å². The van der Waals surface area contributed by atoms with Crippen molar-refractivity contribution in [3.05, 3.63) is 59.7 Å². The van der Waals surface area contributed by atoms with E-state index in [9.17, 15) is 14.7 Å². The van der Waals surface area contributed by atoms with Crippen LogP contribution in [0.15, 0.2) is 48.5 Å². The zero-order valence-electron chi connectivity index (χ0n) is 16.4. The number of carbonyl (C=O) groups is 2. The second kappa shape index (κ2) is 8.78. The van der Waals surface area contributed by atoms with Crippen LogP contribution in [-0.2, 0) is 12.8 Å². The number of urea groups is 1. The van der Waals surface area contributed by atoms with Crippen molar-refractivity contribution in [2.45, 2.75) is 39.2 Å². The molecule has 1 atom stereocenters. The molecule has 2 N–H and O–H groups in total. The van der Waals surface area contributed by atoms with Crippen LogP contribution in [0.25, 0.3) is 0 Å². The van der Waals surface area contributed by atoms with E-state index in [0.29, 0.717) is 18.5 Å². The summed E-state index contributed by atoms with van der Waals surface area (Å²) in [5.41, 5.74) is 4.00. The van der Waals surface area contributed by atoms with Gasteiger partial charge in [-0.1, -0.05) is 24.3 Å². The number of anilines is 2. The summed E-state index contributed by atoms with van der Waals surface area (Å²) < 4.78 is 0. The van der Waals surface area contributed by atoms with E-state index in [0.717, 1.165) is 35.7 Å². The van der Waals surface area contributed by atoms with E-state index in [4.69, 9.17) is 0 Å². The predicted octanol–water partition coefficient (Wildman–Crippen LogP) is 4.60. The Bertz CT molecular complexity index is 831. The molecule has 0 spiro atoms. The Morgan fingerprint density at radius 1 is 1.04 bits per heavy atom. The van der Waals surface area contributed by atoms with Crippen molar-refractivity contribution in [1.29, 1.82) is 0 Å². The SMILES string of the molecule is CCN(CC)c1ccc(NC(=O)N(C(=O)O)C2CCc3ccccc3C2)cc1. The molecule has 6 nitrogen and oxygen atoms in total. The molecule has 3 rings (SSSR count). The monoisotopic (exact) mass is 381 g/mol. The van der Waals surface area contributed by atoms with Crippen molar-refractivity contribution in [3.63, 3.8) is 0 Å². The lowest BCUT2D eigenvalue weighted by Gasteiger charge is -2.32. The molecule has 1 aliphatic rings. The first kappa shape index (κ1) is 19.7. The second-order valence-electron chi connectivity index (χ2n) is 6.97. The predicted molar refractivity (Wildman–Crippen MR) is 111 cm³/mol. The van der Waals surface area contributed by atoms with Crippen LogP contribution in [0.1, 0.15) is 31.4 Å². The number of benzene rings is 2. The number of imide groups is 1. The number of fused-ring (bicyclic) bond motifs is 1. The number of carboxylic acid groups (broad SMARTS) is 1. The van der Waals surface area contributed by atoms with Gasteiger partial charge < -0.3 is 15.3 Å². The van der Waals surface area contributed by atoms with Gasteiger partial charge in [-0.3, -0.25) is 0 Å². The molecule has 0 heterocycles. The number of carbonyl (C=O) groups excluding carboxylic acids is 1. The molecule has 0 bridgehead atoms. The minimum atomic E-state index is -1.22. The maximum absolute atomic E-state index is 12.7. The summed E-state index contributed by atoms with van der Waals surface area (Å²) in [5.74, 6) is 0. The van der Waals surface area contributed by atoms with E-state index in [1.165, 1.54) is 5.56 Å². The van der Waals surface area contributed by atoms with Crippen LogP contribution >= 0.6 is 0 Å². The number of rotatable bonds is 5. The number of aryl methyl sites for hydroxylation is 1. The first-order valence-electron chi connectivity index (χ1n) is 9.78. The quantitative estimate of drug-likeness (QED) is 0.794. The van der Waals surface area contributed by atoms with Crippen LogP contribution in [-0.4, -0.2) is 41.3 Å². The molecule has 0 saturated carbocycles. The highest BCUT2D eigenvalue weighted by Gasteiger charge is 2.32. The Morgan fingerprint density at radius 2 is 1.68 bits per heavy atom. The summed E-state index contributed by atoms with van der Waals surface area (Å²) in [6.45, 7) is 5.98. The summed E-state index contributed by atoms with van der Waals surface area (Å²) in [7, 11) is 0. The molecule has 2 aromatic carbocycles. The third-order valence-corrected chi connectivity index (χ3v) is 5.36. The summed E-state index contributed by atoms with van der Waals surface area (Å²) >= 11 is 0. The third kappa shape index (κ3) is 4.27. The minimum absolute atomic E-state index is 0.359. The standard InChI is InChI=1S/C22H27N3O3/c1-3-24(4-2)19-13-10-18(11-14-19)23-21(26)25(22(27)28)20-12-9-16-7-5-6-8-17(16)15-20/h5-8,10-11,13-14,20H,3-4,9,12,15H2,1-2H3,(H,23,26)(H,27,28). The zero-order chi connectivity index (χ0) is 20.1. The first-order chi connectivity index (χ1) is 13.5. The van der Waals surface area contributed by atoms with E-state index in [2.05, 4.69) is 30.1 Å². The van der Waals surface area contributed by atoms with Gasteiger partial charge in [0.2, 0.25) is 0 Å². The first-order valence-corrected chi connectivity index (χ1v) is 9.78. The van der Waals surface area contributed by atoms with Gasteiger partial charge >= 0.3 is 12.1 Å². The Kier molecular flexibility index (Phi) is 6.19. The largest absolute Gasteiger partial charge is 0.465 e. The van der Waals surface area contributed by atoms with Crippen LogP contribution in [0.4, 0.5) is 21.0 Å². The van der Waals surface area contributed by atoms with Crippen LogP contribution in [0.5, 0.6) is 0 Å². The lowest BCUT2D eigenvalue weighted by molar-refractivity contribution is 0.133. The van der Waals surface area contributed by atoms with Gasteiger partial charge in [0.1, 0.15) is 0 Å². The summed E-state index contributed by atoms with van der Waals surface area (Å²) in [6, 6.07) is 14.5. The maximum atomic E-state index is 12.7. The molecule has 0 saturated heterocycles. The van der Waals surface area contributed by atoms with E-state index in [1.54, 1.807) is 0 Å². The van der Waals surface area contributed by atoms with Gasteiger partial charge in [0.05, 0.1) is 0 Å². The van der Waals surface area contributed by atoms with Crippen LogP contribution < -0.4 is 10.2 Å². The normalized spacial score (nSPS) is 15.4. The van der Waals surface area contributed by atoms with Crippen molar-refractivity contribution in [2.24, 2.45) is 0 Å². The Hall–Kier alpha value is -3.02. The maximum Gasteiger partial charge on any atom is 0.415 e. The molecule has 28 heavy (non-hydrogen) atoms. The van der Waals surface area contributed by atoms with Crippen molar-refractivity contribution in [2.75, 3.05) is 23.3 Å². The number of nitrogens with one attached hydrogen (secondary N) is 1. The molecule has 0 aliphatic heterocycles. The molecule has 6 heteroatoms. The average Bonchev–Trinajstić information content (AvgIpc) is 2.70. The molecule has 0 radical (unpaired) electrons. The zero-order valence-corrected chi connectivity index (χ0v) is 16.4. The van der Waals surface area contributed by atoms with Crippen molar-refractivity contribution in [3.8, 4) is 0 Å². The van der Waals surface area contributed by atoms with E-state index in [1.807, 2.05) is 42.5 Å². The molecule has 0 fully saturated rings. The van der Waals surface area contributed by atoms with Gasteiger partial charge in [-0.05, 0) is 68.5 Å².